The Morgan fingerprint density at radius 1 is 1.50 bits per heavy atom. The Hall–Kier alpha value is -2.11. The molecule has 1 aromatic heterocycles. The zero-order chi connectivity index (χ0) is 13.9. The number of pyridine rings is 1. The second-order valence-electron chi connectivity index (χ2n) is 4.80. The van der Waals surface area contributed by atoms with Crippen LogP contribution < -0.4 is 11.1 Å². The van der Waals surface area contributed by atoms with Crippen LogP contribution in [0.5, 0.6) is 0 Å². The molecular formula is C12H17N3O3. The quantitative estimate of drug-likeness (QED) is 0.728. The van der Waals surface area contributed by atoms with Gasteiger partial charge >= 0.3 is 5.97 Å². The monoisotopic (exact) mass is 251 g/mol. The largest absolute Gasteiger partial charge is 0.481 e. The first-order chi connectivity index (χ1) is 8.23. The Bertz CT molecular complexity index is 483. The van der Waals surface area contributed by atoms with E-state index in [0.29, 0.717) is 11.4 Å². The first kappa shape index (κ1) is 14.0. The van der Waals surface area contributed by atoms with Gasteiger partial charge in [0.25, 0.3) is 5.91 Å². The van der Waals surface area contributed by atoms with Gasteiger partial charge in [0.15, 0.2) is 0 Å². The highest BCUT2D eigenvalue weighted by Crippen LogP contribution is 2.21. The number of aryl methyl sites for hydroxylation is 1. The molecule has 0 bridgehead atoms. The molecule has 0 saturated heterocycles. The maximum absolute atomic E-state index is 11.4. The molecule has 0 spiro atoms. The molecule has 0 saturated carbocycles. The van der Waals surface area contributed by atoms with Crippen LogP contribution in [0.15, 0.2) is 12.3 Å². The van der Waals surface area contributed by atoms with Gasteiger partial charge in [-0.25, -0.2) is 4.98 Å². The van der Waals surface area contributed by atoms with E-state index in [9.17, 15) is 9.59 Å². The Labute approximate surface area is 105 Å². The molecule has 0 unspecified atom stereocenters. The first-order valence-electron chi connectivity index (χ1n) is 5.48. The fourth-order valence-electron chi connectivity index (χ4n) is 1.71. The van der Waals surface area contributed by atoms with Gasteiger partial charge in [-0.05, 0) is 32.4 Å². The van der Waals surface area contributed by atoms with Gasteiger partial charge in [0.05, 0.1) is 12.0 Å². The van der Waals surface area contributed by atoms with Crippen molar-refractivity contribution in [3.8, 4) is 0 Å². The molecule has 0 aliphatic carbocycles. The average Bonchev–Trinajstić information content (AvgIpc) is 2.13. The van der Waals surface area contributed by atoms with Crippen molar-refractivity contribution in [2.75, 3.05) is 5.32 Å². The summed E-state index contributed by atoms with van der Waals surface area (Å²) in [4.78, 5) is 26.2. The molecule has 98 valence electrons. The maximum atomic E-state index is 11.4. The van der Waals surface area contributed by atoms with Gasteiger partial charge in [-0.15, -0.1) is 0 Å². The zero-order valence-electron chi connectivity index (χ0n) is 10.7. The standard InChI is InChI=1S/C12H17N3O3/c1-7-4-5-14-11(9(7)10(13)18)15-12(2,3)6-8(16)17/h4-5H,6H2,1-3H3,(H2,13,18)(H,14,15)(H,16,17). The molecule has 0 aliphatic heterocycles. The van der Waals surface area contributed by atoms with Gasteiger partial charge in [0.2, 0.25) is 0 Å². The lowest BCUT2D eigenvalue weighted by Gasteiger charge is -2.26. The van der Waals surface area contributed by atoms with Gasteiger partial charge in [-0.3, -0.25) is 9.59 Å². The molecule has 1 amide bonds. The summed E-state index contributed by atoms with van der Waals surface area (Å²) < 4.78 is 0. The van der Waals surface area contributed by atoms with Gasteiger partial charge in [0.1, 0.15) is 5.82 Å². The number of carbonyl (C=O) groups excluding carboxylic acids is 1. The van der Waals surface area contributed by atoms with Crippen LogP contribution in [0.3, 0.4) is 0 Å². The maximum Gasteiger partial charge on any atom is 0.305 e. The van der Waals surface area contributed by atoms with Crippen LogP contribution in [0.25, 0.3) is 0 Å². The van der Waals surface area contributed by atoms with Crippen LogP contribution in [-0.2, 0) is 4.79 Å². The molecular weight excluding hydrogens is 234 g/mol. The summed E-state index contributed by atoms with van der Waals surface area (Å²) in [7, 11) is 0. The predicted molar refractivity (Wildman–Crippen MR) is 67.4 cm³/mol. The molecule has 0 aromatic carbocycles. The molecule has 1 aromatic rings. The lowest BCUT2D eigenvalue weighted by Crippen LogP contribution is -2.35. The van der Waals surface area contributed by atoms with E-state index in [4.69, 9.17) is 10.8 Å². The minimum Gasteiger partial charge on any atom is -0.481 e. The number of nitrogens with two attached hydrogens (primary N) is 1. The molecule has 4 N–H and O–H groups in total. The molecule has 0 radical (unpaired) electrons. The third kappa shape index (κ3) is 3.44. The van der Waals surface area contributed by atoms with E-state index in [1.54, 1.807) is 33.0 Å². The number of carbonyl (C=O) groups is 2. The fourth-order valence-corrected chi connectivity index (χ4v) is 1.71. The van der Waals surface area contributed by atoms with E-state index in [0.717, 1.165) is 0 Å². The van der Waals surface area contributed by atoms with Gasteiger partial charge in [-0.1, -0.05) is 0 Å². The molecule has 0 atom stereocenters. The normalized spacial score (nSPS) is 11.1. The Kier molecular flexibility index (Phi) is 3.90. The summed E-state index contributed by atoms with van der Waals surface area (Å²) in [5.41, 5.74) is 5.56. The van der Waals surface area contributed by atoms with E-state index in [2.05, 4.69) is 10.3 Å². The number of carboxylic acids is 1. The van der Waals surface area contributed by atoms with Crippen molar-refractivity contribution in [1.29, 1.82) is 0 Å². The second-order valence-corrected chi connectivity index (χ2v) is 4.80. The number of carboxylic acid groups (broad SMARTS) is 1. The van der Waals surface area contributed by atoms with Gasteiger partial charge in [-0.2, -0.15) is 0 Å². The summed E-state index contributed by atoms with van der Waals surface area (Å²) in [6.45, 7) is 5.18. The van der Waals surface area contributed by atoms with Crippen LogP contribution in [0.2, 0.25) is 0 Å². The number of aliphatic carboxylic acids is 1. The van der Waals surface area contributed by atoms with Crippen molar-refractivity contribution in [3.05, 3.63) is 23.4 Å². The third-order valence-electron chi connectivity index (χ3n) is 2.46. The number of primary amides is 1. The predicted octanol–water partition coefficient (Wildman–Crippen LogP) is 1.15. The average molecular weight is 251 g/mol. The van der Waals surface area contributed by atoms with Gasteiger partial charge < -0.3 is 16.2 Å². The van der Waals surface area contributed by atoms with Crippen LogP contribution in [0.4, 0.5) is 5.82 Å². The number of amides is 1. The Morgan fingerprint density at radius 3 is 2.61 bits per heavy atom. The fraction of sp³-hybridized carbons (Fsp3) is 0.417. The number of anilines is 1. The van der Waals surface area contributed by atoms with Crippen molar-refractivity contribution in [2.24, 2.45) is 5.73 Å². The summed E-state index contributed by atoms with van der Waals surface area (Å²) in [6, 6.07) is 1.68. The SMILES string of the molecule is Cc1ccnc(NC(C)(C)CC(=O)O)c1C(N)=O. The highest BCUT2D eigenvalue weighted by atomic mass is 16.4. The van der Waals surface area contributed by atoms with Gasteiger partial charge in [0, 0.05) is 11.7 Å². The summed E-state index contributed by atoms with van der Waals surface area (Å²) in [5, 5.41) is 11.8. The topological polar surface area (TPSA) is 105 Å². The summed E-state index contributed by atoms with van der Waals surface area (Å²) in [5.74, 6) is -1.20. The van der Waals surface area contributed by atoms with E-state index in [-0.39, 0.29) is 12.0 Å². The molecule has 18 heavy (non-hydrogen) atoms. The van der Waals surface area contributed by atoms with E-state index < -0.39 is 17.4 Å². The van der Waals surface area contributed by atoms with E-state index in [1.807, 2.05) is 0 Å². The lowest BCUT2D eigenvalue weighted by molar-refractivity contribution is -0.137. The summed E-state index contributed by atoms with van der Waals surface area (Å²) >= 11 is 0. The minimum atomic E-state index is -0.930. The van der Waals surface area contributed by atoms with Crippen molar-refractivity contribution in [2.45, 2.75) is 32.7 Å². The second kappa shape index (κ2) is 5.03. The summed E-state index contributed by atoms with van der Waals surface area (Å²) in [6.07, 6.45) is 1.45. The van der Waals surface area contributed by atoms with Crippen molar-refractivity contribution >= 4 is 17.7 Å². The number of nitrogens with zero attached hydrogens (tertiary/aromatic N) is 1. The first-order valence-corrected chi connectivity index (χ1v) is 5.48. The van der Waals surface area contributed by atoms with E-state index >= 15 is 0 Å². The highest BCUT2D eigenvalue weighted by molar-refractivity contribution is 5.99. The number of hydrogen-bond acceptors (Lipinski definition) is 4. The van der Waals surface area contributed by atoms with Crippen LogP contribution in [0.1, 0.15) is 36.2 Å². The molecule has 6 heteroatoms. The minimum absolute atomic E-state index is 0.0964. The van der Waals surface area contributed by atoms with Crippen molar-refractivity contribution in [1.82, 2.24) is 4.98 Å². The van der Waals surface area contributed by atoms with E-state index in [1.165, 1.54) is 0 Å². The highest BCUT2D eigenvalue weighted by Gasteiger charge is 2.24. The number of aromatic nitrogens is 1. The molecule has 6 nitrogen and oxygen atoms in total. The van der Waals surface area contributed by atoms with Crippen LogP contribution in [-0.4, -0.2) is 27.5 Å². The van der Waals surface area contributed by atoms with Crippen LogP contribution in [0, 0.1) is 6.92 Å². The number of nitrogens with one attached hydrogen (secondary N) is 1. The Morgan fingerprint density at radius 2 is 2.11 bits per heavy atom. The molecule has 1 rings (SSSR count). The molecule has 0 aliphatic rings. The molecule has 0 fully saturated rings. The number of hydrogen-bond donors (Lipinski definition) is 3. The molecule has 1 heterocycles. The van der Waals surface area contributed by atoms with Crippen molar-refractivity contribution < 1.29 is 14.7 Å². The zero-order valence-corrected chi connectivity index (χ0v) is 10.7. The Balaban J connectivity index is 3.08. The van der Waals surface area contributed by atoms with Crippen LogP contribution >= 0.6 is 0 Å². The third-order valence-corrected chi connectivity index (χ3v) is 2.46. The lowest BCUT2D eigenvalue weighted by atomic mass is 10.00. The number of rotatable bonds is 5. The smallest absolute Gasteiger partial charge is 0.305 e. The van der Waals surface area contributed by atoms with Crippen molar-refractivity contribution in [3.63, 3.8) is 0 Å².